The van der Waals surface area contributed by atoms with Crippen molar-refractivity contribution in [1.82, 2.24) is 0 Å². The van der Waals surface area contributed by atoms with E-state index in [9.17, 15) is 17.6 Å². The molecule has 6 heteroatoms. The fourth-order valence-electron chi connectivity index (χ4n) is 1.77. The van der Waals surface area contributed by atoms with Gasteiger partial charge in [-0.1, -0.05) is 18.2 Å². The number of alkyl halides is 3. The fraction of sp³-hybridized carbons (Fsp3) is 0.143. The molecule has 0 spiro atoms. The molecule has 0 aromatic heterocycles. The number of hydrogen-bond donors (Lipinski definition) is 1. The predicted octanol–water partition coefficient (Wildman–Crippen LogP) is 5.06. The van der Waals surface area contributed by atoms with E-state index in [-0.39, 0.29) is 17.9 Å². The molecular formula is C14H10F4IN. The van der Waals surface area contributed by atoms with Crippen molar-refractivity contribution in [2.45, 2.75) is 12.7 Å². The molecule has 2 rings (SSSR count). The summed E-state index contributed by atoms with van der Waals surface area (Å²) in [6.07, 6.45) is -4.38. The molecule has 0 aliphatic rings. The molecule has 0 amide bonds. The second-order valence-electron chi connectivity index (χ2n) is 4.13. The number of rotatable bonds is 3. The number of nitrogens with one attached hydrogen (secondary N) is 1. The molecule has 0 aliphatic heterocycles. The number of benzene rings is 2. The molecule has 20 heavy (non-hydrogen) atoms. The van der Waals surface area contributed by atoms with Gasteiger partial charge in [-0.15, -0.1) is 0 Å². The number of halogens is 5. The Kier molecular flexibility index (Phi) is 4.52. The molecule has 0 radical (unpaired) electrons. The van der Waals surface area contributed by atoms with Gasteiger partial charge in [0.05, 0.1) is 5.56 Å². The lowest BCUT2D eigenvalue weighted by Crippen LogP contribution is -2.12. The maximum atomic E-state index is 12.9. The predicted molar refractivity (Wildman–Crippen MR) is 77.9 cm³/mol. The van der Waals surface area contributed by atoms with Crippen LogP contribution in [-0.4, -0.2) is 0 Å². The lowest BCUT2D eigenvalue weighted by molar-refractivity contribution is -0.138. The van der Waals surface area contributed by atoms with Crippen molar-refractivity contribution < 1.29 is 17.6 Å². The molecule has 0 aliphatic carbocycles. The van der Waals surface area contributed by atoms with Gasteiger partial charge in [0.1, 0.15) is 5.82 Å². The highest BCUT2D eigenvalue weighted by atomic mass is 127. The van der Waals surface area contributed by atoms with Crippen LogP contribution in [0.4, 0.5) is 23.2 Å². The first-order valence-corrected chi connectivity index (χ1v) is 6.80. The molecule has 2 aromatic rings. The molecule has 0 fully saturated rings. The van der Waals surface area contributed by atoms with E-state index in [0.717, 1.165) is 6.07 Å². The zero-order chi connectivity index (χ0) is 14.8. The Bertz CT molecular complexity index is 610. The summed E-state index contributed by atoms with van der Waals surface area (Å²) < 4.78 is 52.0. The molecule has 1 nitrogen and oxygen atoms in total. The quantitative estimate of drug-likeness (QED) is 0.566. The average molecular weight is 395 g/mol. The van der Waals surface area contributed by atoms with Crippen molar-refractivity contribution in [2.24, 2.45) is 0 Å². The first-order valence-electron chi connectivity index (χ1n) is 5.72. The van der Waals surface area contributed by atoms with Crippen LogP contribution in [-0.2, 0) is 12.7 Å². The Balaban J connectivity index is 2.19. The van der Waals surface area contributed by atoms with E-state index in [0.29, 0.717) is 9.26 Å². The van der Waals surface area contributed by atoms with Gasteiger partial charge in [0.2, 0.25) is 0 Å². The Morgan fingerprint density at radius 2 is 1.75 bits per heavy atom. The van der Waals surface area contributed by atoms with Gasteiger partial charge < -0.3 is 5.32 Å². The number of anilines is 1. The largest absolute Gasteiger partial charge is 0.416 e. The third kappa shape index (κ3) is 3.62. The van der Waals surface area contributed by atoms with Crippen LogP contribution in [0.15, 0.2) is 42.5 Å². The van der Waals surface area contributed by atoms with Crippen LogP contribution >= 0.6 is 22.6 Å². The summed E-state index contributed by atoms with van der Waals surface area (Å²) in [6.45, 7) is 0.0251. The van der Waals surface area contributed by atoms with Crippen LogP contribution in [0.25, 0.3) is 0 Å². The number of hydrogen-bond acceptors (Lipinski definition) is 1. The molecule has 0 atom stereocenters. The molecule has 0 saturated heterocycles. The first-order chi connectivity index (χ1) is 9.38. The van der Waals surface area contributed by atoms with E-state index in [1.807, 2.05) is 22.6 Å². The maximum Gasteiger partial charge on any atom is 0.416 e. The highest BCUT2D eigenvalue weighted by Crippen LogP contribution is 2.32. The lowest BCUT2D eigenvalue weighted by Gasteiger charge is -2.14. The third-order valence-corrected chi connectivity index (χ3v) is 3.62. The van der Waals surface area contributed by atoms with Crippen molar-refractivity contribution in [2.75, 3.05) is 5.32 Å². The Hall–Kier alpha value is -1.31. The molecule has 0 heterocycles. The highest BCUT2D eigenvalue weighted by Gasteiger charge is 2.32. The van der Waals surface area contributed by atoms with Crippen LogP contribution in [0.1, 0.15) is 11.1 Å². The van der Waals surface area contributed by atoms with E-state index < -0.39 is 11.7 Å². The van der Waals surface area contributed by atoms with Crippen LogP contribution in [0.2, 0.25) is 0 Å². The van der Waals surface area contributed by atoms with Gasteiger partial charge in [0.25, 0.3) is 0 Å². The smallest absolute Gasteiger partial charge is 0.380 e. The molecule has 0 bridgehead atoms. The molecule has 2 aromatic carbocycles. The first kappa shape index (κ1) is 15.1. The van der Waals surface area contributed by atoms with Crippen molar-refractivity contribution in [3.8, 4) is 0 Å². The van der Waals surface area contributed by atoms with Gasteiger partial charge in [-0.3, -0.25) is 0 Å². The molecule has 106 valence electrons. The zero-order valence-electron chi connectivity index (χ0n) is 10.1. The van der Waals surface area contributed by atoms with Crippen molar-refractivity contribution >= 4 is 28.3 Å². The summed E-state index contributed by atoms with van der Waals surface area (Å²) in [5, 5.41) is 2.89. The molecule has 1 N–H and O–H groups in total. The molecule has 0 unspecified atom stereocenters. The van der Waals surface area contributed by atoms with E-state index in [2.05, 4.69) is 5.32 Å². The average Bonchev–Trinajstić information content (AvgIpc) is 2.37. The minimum absolute atomic E-state index is 0.0251. The van der Waals surface area contributed by atoms with Crippen LogP contribution in [0.3, 0.4) is 0 Å². The van der Waals surface area contributed by atoms with Gasteiger partial charge in [0.15, 0.2) is 0 Å². The van der Waals surface area contributed by atoms with Crippen molar-refractivity contribution in [3.63, 3.8) is 0 Å². The Morgan fingerprint density at radius 3 is 2.40 bits per heavy atom. The summed E-state index contributed by atoms with van der Waals surface area (Å²) in [7, 11) is 0. The fourth-order valence-corrected chi connectivity index (χ4v) is 2.44. The standard InChI is InChI=1S/C14H10F4IN/c15-10-5-6-13(12(19)7-10)20-8-9-3-1-2-4-11(9)14(16,17)18/h1-7,20H,8H2. The summed E-state index contributed by atoms with van der Waals surface area (Å²) in [5.74, 6) is -0.379. The van der Waals surface area contributed by atoms with Gasteiger partial charge in [-0.2, -0.15) is 13.2 Å². The Labute approximate surface area is 127 Å². The SMILES string of the molecule is Fc1ccc(NCc2ccccc2C(F)(F)F)c(I)c1. The van der Waals surface area contributed by atoms with Crippen molar-refractivity contribution in [3.05, 3.63) is 63.0 Å². The monoisotopic (exact) mass is 395 g/mol. The van der Waals surface area contributed by atoms with E-state index in [1.165, 1.54) is 30.3 Å². The minimum Gasteiger partial charge on any atom is -0.380 e. The summed E-state index contributed by atoms with van der Waals surface area (Å²) in [5.41, 5.74) is 0.0914. The molecular weight excluding hydrogens is 385 g/mol. The zero-order valence-corrected chi connectivity index (χ0v) is 12.3. The van der Waals surface area contributed by atoms with Crippen LogP contribution in [0, 0.1) is 9.39 Å². The van der Waals surface area contributed by atoms with Crippen LogP contribution < -0.4 is 5.32 Å². The summed E-state index contributed by atoms with van der Waals surface area (Å²) in [4.78, 5) is 0. The van der Waals surface area contributed by atoms with Crippen molar-refractivity contribution in [1.29, 1.82) is 0 Å². The molecule has 0 saturated carbocycles. The highest BCUT2D eigenvalue weighted by molar-refractivity contribution is 14.1. The Morgan fingerprint density at radius 1 is 1.05 bits per heavy atom. The maximum absolute atomic E-state index is 12.9. The summed E-state index contributed by atoms with van der Waals surface area (Å²) in [6, 6.07) is 9.47. The van der Waals surface area contributed by atoms with Crippen LogP contribution in [0.5, 0.6) is 0 Å². The second-order valence-corrected chi connectivity index (χ2v) is 5.29. The third-order valence-electron chi connectivity index (χ3n) is 2.72. The van der Waals surface area contributed by atoms with E-state index in [4.69, 9.17) is 0 Å². The van der Waals surface area contributed by atoms with Gasteiger partial charge >= 0.3 is 6.18 Å². The lowest BCUT2D eigenvalue weighted by atomic mass is 10.1. The van der Waals surface area contributed by atoms with Gasteiger partial charge in [0, 0.05) is 15.8 Å². The van der Waals surface area contributed by atoms with Gasteiger partial charge in [-0.25, -0.2) is 4.39 Å². The minimum atomic E-state index is -4.38. The normalized spacial score (nSPS) is 11.4. The van der Waals surface area contributed by atoms with E-state index >= 15 is 0 Å². The second kappa shape index (κ2) is 5.99. The van der Waals surface area contributed by atoms with Gasteiger partial charge in [-0.05, 0) is 52.4 Å². The van der Waals surface area contributed by atoms with E-state index in [1.54, 1.807) is 6.07 Å². The summed E-state index contributed by atoms with van der Waals surface area (Å²) >= 11 is 1.93. The topological polar surface area (TPSA) is 12.0 Å².